The summed E-state index contributed by atoms with van der Waals surface area (Å²) in [5.41, 5.74) is 0. The third-order valence-electron chi connectivity index (χ3n) is 15.9. The Morgan fingerprint density at radius 2 is 0.470 bits per heavy atom. The SMILES string of the molecule is CC/C=C\C/C=C\C/C=C\C/C=C\C/C=C\C/C=C\CCCCCCC(=O)OC(COC(=O)CCCCCCC/C=C\CCCCCC)COC(=O)CCCCCCCCCCCCCCCCCCCCCCCCCCCCCCC. The van der Waals surface area contributed by atoms with Crippen LogP contribution in [-0.4, -0.2) is 37.2 Å². The van der Waals surface area contributed by atoms with Crippen LogP contribution in [0.1, 0.15) is 367 Å². The summed E-state index contributed by atoms with van der Waals surface area (Å²) in [7, 11) is 0. The third kappa shape index (κ3) is 69.3. The highest BCUT2D eigenvalue weighted by Gasteiger charge is 2.19. The van der Waals surface area contributed by atoms with Crippen LogP contribution in [0.25, 0.3) is 0 Å². The van der Waals surface area contributed by atoms with Gasteiger partial charge in [0.25, 0.3) is 0 Å². The van der Waals surface area contributed by atoms with Crippen molar-refractivity contribution in [2.24, 2.45) is 0 Å². The van der Waals surface area contributed by atoms with Gasteiger partial charge in [-0.05, 0) is 96.3 Å². The highest BCUT2D eigenvalue weighted by molar-refractivity contribution is 5.71. The van der Waals surface area contributed by atoms with Crippen LogP contribution in [0.5, 0.6) is 0 Å². The predicted octanol–water partition coefficient (Wildman–Crippen LogP) is 25.0. The van der Waals surface area contributed by atoms with Crippen LogP contribution in [0.4, 0.5) is 0 Å². The summed E-state index contributed by atoms with van der Waals surface area (Å²) < 4.78 is 17.0. The molecule has 1 atom stereocenters. The molecular weight excluding hydrogens is 1020 g/mol. The standard InChI is InChI=1S/C77H136O6/c1-4-7-10-13-16-19-22-25-27-29-31-33-35-36-37-38-39-40-42-43-45-47-49-52-55-58-61-64-67-70-76(79)82-73-74(72-81-75(78)69-66-63-60-57-54-51-24-21-18-15-12-9-6-3)83-77(80)71-68-65-62-59-56-53-50-48-46-44-41-34-32-30-28-26-23-20-17-14-11-8-5-2/h8,11,17,20-21,24,26,28,32,34,44,46,50,53,74H,4-7,9-10,12-16,18-19,22-23,25,27,29-31,33,35-43,45,47-49,51-52,54-73H2,1-3H3/b11-8-,20-17-,24-21-,28-26-,34-32-,46-44-,53-50-. The minimum Gasteiger partial charge on any atom is -0.462 e. The van der Waals surface area contributed by atoms with Gasteiger partial charge in [0.05, 0.1) is 0 Å². The molecule has 0 heterocycles. The lowest BCUT2D eigenvalue weighted by Gasteiger charge is -2.18. The zero-order valence-electron chi connectivity index (χ0n) is 55.2. The van der Waals surface area contributed by atoms with Gasteiger partial charge < -0.3 is 14.2 Å². The fourth-order valence-corrected chi connectivity index (χ4v) is 10.5. The Balaban J connectivity index is 4.27. The summed E-state index contributed by atoms with van der Waals surface area (Å²) >= 11 is 0. The van der Waals surface area contributed by atoms with Gasteiger partial charge in [-0.1, -0.05) is 337 Å². The van der Waals surface area contributed by atoms with Crippen molar-refractivity contribution in [3.05, 3.63) is 85.1 Å². The van der Waals surface area contributed by atoms with Crippen LogP contribution in [0.3, 0.4) is 0 Å². The number of unbranched alkanes of at least 4 members (excludes halogenated alkanes) is 41. The molecule has 0 aromatic carbocycles. The molecule has 0 N–H and O–H groups in total. The second-order valence-electron chi connectivity index (χ2n) is 24.1. The maximum Gasteiger partial charge on any atom is 0.306 e. The molecule has 0 amide bonds. The molecule has 0 aromatic rings. The largest absolute Gasteiger partial charge is 0.462 e. The molecule has 6 heteroatoms. The number of hydrogen-bond donors (Lipinski definition) is 0. The van der Waals surface area contributed by atoms with Gasteiger partial charge in [0.15, 0.2) is 6.10 Å². The molecule has 0 aliphatic carbocycles. The molecule has 83 heavy (non-hydrogen) atoms. The summed E-state index contributed by atoms with van der Waals surface area (Å²) in [6.45, 7) is 6.53. The zero-order valence-corrected chi connectivity index (χ0v) is 55.2. The average Bonchev–Trinajstić information content (AvgIpc) is 3.49. The van der Waals surface area contributed by atoms with Gasteiger partial charge in [0.1, 0.15) is 13.2 Å². The highest BCUT2D eigenvalue weighted by Crippen LogP contribution is 2.18. The maximum atomic E-state index is 12.9. The lowest BCUT2D eigenvalue weighted by atomic mass is 10.0. The monoisotopic (exact) mass is 1160 g/mol. The van der Waals surface area contributed by atoms with E-state index in [1.807, 2.05) is 0 Å². The fraction of sp³-hybridized carbons (Fsp3) is 0.779. The Morgan fingerprint density at radius 3 is 0.759 bits per heavy atom. The second-order valence-corrected chi connectivity index (χ2v) is 24.1. The first-order chi connectivity index (χ1) is 41.0. The van der Waals surface area contributed by atoms with Crippen molar-refractivity contribution in [3.8, 4) is 0 Å². The van der Waals surface area contributed by atoms with Crippen molar-refractivity contribution >= 4 is 17.9 Å². The van der Waals surface area contributed by atoms with E-state index in [1.54, 1.807) is 0 Å². The average molecular weight is 1160 g/mol. The van der Waals surface area contributed by atoms with E-state index >= 15 is 0 Å². The van der Waals surface area contributed by atoms with Gasteiger partial charge in [0, 0.05) is 19.3 Å². The van der Waals surface area contributed by atoms with Crippen LogP contribution in [-0.2, 0) is 28.6 Å². The molecule has 0 fully saturated rings. The molecule has 0 saturated heterocycles. The minimum absolute atomic E-state index is 0.0867. The van der Waals surface area contributed by atoms with Crippen LogP contribution in [0.2, 0.25) is 0 Å². The van der Waals surface area contributed by atoms with Crippen molar-refractivity contribution < 1.29 is 28.6 Å². The molecule has 1 unspecified atom stereocenters. The first-order valence-electron chi connectivity index (χ1n) is 36.1. The van der Waals surface area contributed by atoms with Crippen molar-refractivity contribution in [1.29, 1.82) is 0 Å². The summed E-state index contributed by atoms with van der Waals surface area (Å²) in [6, 6.07) is 0. The van der Waals surface area contributed by atoms with E-state index in [0.717, 1.165) is 116 Å². The molecule has 0 aromatic heterocycles. The lowest BCUT2D eigenvalue weighted by Crippen LogP contribution is -2.30. The van der Waals surface area contributed by atoms with E-state index in [2.05, 4.69) is 106 Å². The first kappa shape index (κ1) is 79.6. The normalized spacial score (nSPS) is 12.6. The zero-order chi connectivity index (χ0) is 59.9. The number of rotatable bonds is 66. The number of hydrogen-bond acceptors (Lipinski definition) is 6. The van der Waals surface area contributed by atoms with Gasteiger partial charge in [-0.2, -0.15) is 0 Å². The van der Waals surface area contributed by atoms with E-state index in [4.69, 9.17) is 14.2 Å². The Bertz CT molecular complexity index is 1570. The fourth-order valence-electron chi connectivity index (χ4n) is 10.5. The Hall–Kier alpha value is -3.41. The molecule has 6 nitrogen and oxygen atoms in total. The molecule has 0 radical (unpaired) electrons. The Labute approximate surface area is 515 Å². The van der Waals surface area contributed by atoms with E-state index in [1.165, 1.54) is 212 Å². The highest BCUT2D eigenvalue weighted by atomic mass is 16.6. The molecule has 0 aliphatic heterocycles. The molecule has 0 saturated carbocycles. The molecule has 0 rings (SSSR count). The van der Waals surface area contributed by atoms with Gasteiger partial charge >= 0.3 is 17.9 Å². The van der Waals surface area contributed by atoms with Crippen molar-refractivity contribution in [2.45, 2.75) is 374 Å². The van der Waals surface area contributed by atoms with Gasteiger partial charge in [0.2, 0.25) is 0 Å². The van der Waals surface area contributed by atoms with E-state index in [0.29, 0.717) is 19.3 Å². The van der Waals surface area contributed by atoms with Crippen LogP contribution < -0.4 is 0 Å². The molecule has 0 aliphatic rings. The lowest BCUT2D eigenvalue weighted by molar-refractivity contribution is -0.167. The van der Waals surface area contributed by atoms with Crippen LogP contribution in [0, 0.1) is 0 Å². The summed E-state index contributed by atoms with van der Waals surface area (Å²) in [5, 5.41) is 0. The van der Waals surface area contributed by atoms with Gasteiger partial charge in [-0.3, -0.25) is 14.4 Å². The number of carbonyl (C=O) groups excluding carboxylic acids is 3. The number of esters is 3. The van der Waals surface area contributed by atoms with Crippen molar-refractivity contribution in [1.82, 2.24) is 0 Å². The van der Waals surface area contributed by atoms with Crippen molar-refractivity contribution in [3.63, 3.8) is 0 Å². The van der Waals surface area contributed by atoms with Crippen LogP contribution in [0.15, 0.2) is 85.1 Å². The maximum absolute atomic E-state index is 12.9. The van der Waals surface area contributed by atoms with Crippen LogP contribution >= 0.6 is 0 Å². The summed E-state index contributed by atoms with van der Waals surface area (Å²) in [6.07, 6.45) is 94.8. The minimum atomic E-state index is -0.795. The summed E-state index contributed by atoms with van der Waals surface area (Å²) in [5.74, 6) is -0.903. The van der Waals surface area contributed by atoms with Gasteiger partial charge in [-0.25, -0.2) is 0 Å². The molecule has 480 valence electrons. The van der Waals surface area contributed by atoms with Gasteiger partial charge in [-0.15, -0.1) is 0 Å². The first-order valence-corrected chi connectivity index (χ1v) is 36.1. The molecule has 0 spiro atoms. The summed E-state index contributed by atoms with van der Waals surface area (Å²) in [4.78, 5) is 38.4. The quantitative estimate of drug-likeness (QED) is 0.0261. The topological polar surface area (TPSA) is 78.9 Å². The number of allylic oxidation sites excluding steroid dienone is 14. The van der Waals surface area contributed by atoms with Crippen molar-refractivity contribution in [2.75, 3.05) is 13.2 Å². The Morgan fingerprint density at radius 1 is 0.253 bits per heavy atom. The number of carbonyl (C=O) groups is 3. The smallest absolute Gasteiger partial charge is 0.306 e. The van der Waals surface area contributed by atoms with E-state index < -0.39 is 6.10 Å². The van der Waals surface area contributed by atoms with E-state index in [9.17, 15) is 14.4 Å². The second kappa shape index (κ2) is 71.1. The molecular formula is C77H136O6. The Kier molecular flexibility index (Phi) is 68.2. The third-order valence-corrected chi connectivity index (χ3v) is 15.9. The predicted molar refractivity (Wildman–Crippen MR) is 362 cm³/mol. The van der Waals surface area contributed by atoms with E-state index in [-0.39, 0.29) is 31.1 Å². The number of ether oxygens (including phenoxy) is 3. The molecule has 0 bridgehead atoms.